The van der Waals surface area contributed by atoms with E-state index in [-0.39, 0.29) is 10.6 Å². The molecule has 1 saturated heterocycles. The van der Waals surface area contributed by atoms with Crippen LogP contribution in [0.2, 0.25) is 0 Å². The average molecular weight is 178 g/mol. The van der Waals surface area contributed by atoms with Crippen LogP contribution in [0.3, 0.4) is 0 Å². The number of nitro groups is 1. The molecule has 0 aliphatic carbocycles. The molecule has 0 radical (unpaired) electrons. The van der Waals surface area contributed by atoms with E-state index >= 15 is 0 Å². The highest BCUT2D eigenvalue weighted by molar-refractivity contribution is 5.44. The number of nitrogens with one attached hydrogen (secondary N) is 1. The summed E-state index contributed by atoms with van der Waals surface area (Å²) in [6.07, 6.45) is 0. The van der Waals surface area contributed by atoms with Gasteiger partial charge in [0.1, 0.15) is 0 Å². The van der Waals surface area contributed by atoms with Crippen molar-refractivity contribution in [3.8, 4) is 0 Å². The van der Waals surface area contributed by atoms with Gasteiger partial charge in [-0.1, -0.05) is 12.1 Å². The quantitative estimate of drug-likeness (QED) is 0.424. The number of benzene rings is 1. The molecule has 4 nitrogen and oxygen atoms in total. The summed E-state index contributed by atoms with van der Waals surface area (Å²) in [4.78, 5) is 10.3. The number of rotatable bonds is 2. The van der Waals surface area contributed by atoms with E-state index in [1.807, 2.05) is 6.07 Å². The second-order valence-electron chi connectivity index (χ2n) is 3.26. The van der Waals surface area contributed by atoms with Crippen molar-refractivity contribution >= 4 is 5.69 Å². The van der Waals surface area contributed by atoms with Crippen molar-refractivity contribution in [1.29, 1.82) is 0 Å². The molecule has 0 bridgehead atoms. The molecular weight excluding hydrogens is 168 g/mol. The molecule has 1 aliphatic heterocycles. The SMILES string of the molecule is Cc1ccc([C@H]2CN2)cc1[N+](=O)[O-]. The zero-order valence-corrected chi connectivity index (χ0v) is 7.28. The highest BCUT2D eigenvalue weighted by atomic mass is 16.6. The van der Waals surface area contributed by atoms with Crippen molar-refractivity contribution < 1.29 is 4.92 Å². The first-order valence-corrected chi connectivity index (χ1v) is 4.17. The molecule has 0 aromatic heterocycles. The third-order valence-corrected chi connectivity index (χ3v) is 2.24. The van der Waals surface area contributed by atoms with E-state index in [0.717, 1.165) is 17.7 Å². The van der Waals surface area contributed by atoms with Gasteiger partial charge in [-0.2, -0.15) is 0 Å². The van der Waals surface area contributed by atoms with Crippen LogP contribution in [0.4, 0.5) is 5.69 Å². The van der Waals surface area contributed by atoms with Crippen LogP contribution in [-0.4, -0.2) is 11.5 Å². The second kappa shape index (κ2) is 2.81. The lowest BCUT2D eigenvalue weighted by Gasteiger charge is -1.99. The average Bonchev–Trinajstić information content (AvgIpc) is 2.87. The summed E-state index contributed by atoms with van der Waals surface area (Å²) in [6, 6.07) is 5.72. The monoisotopic (exact) mass is 178 g/mol. The van der Waals surface area contributed by atoms with Crippen LogP contribution in [0.1, 0.15) is 17.2 Å². The number of nitrogens with zero attached hydrogens (tertiary/aromatic N) is 1. The van der Waals surface area contributed by atoms with Gasteiger partial charge in [0.15, 0.2) is 0 Å². The summed E-state index contributed by atoms with van der Waals surface area (Å²) in [5.41, 5.74) is 1.94. The largest absolute Gasteiger partial charge is 0.307 e. The highest BCUT2D eigenvalue weighted by Gasteiger charge is 2.24. The van der Waals surface area contributed by atoms with E-state index in [4.69, 9.17) is 0 Å². The lowest BCUT2D eigenvalue weighted by molar-refractivity contribution is -0.385. The van der Waals surface area contributed by atoms with Crippen LogP contribution in [-0.2, 0) is 0 Å². The van der Waals surface area contributed by atoms with Crippen molar-refractivity contribution in [2.24, 2.45) is 0 Å². The first kappa shape index (κ1) is 8.19. The van der Waals surface area contributed by atoms with E-state index < -0.39 is 0 Å². The Morgan fingerprint density at radius 1 is 1.62 bits per heavy atom. The molecular formula is C9H10N2O2. The van der Waals surface area contributed by atoms with Gasteiger partial charge >= 0.3 is 0 Å². The van der Waals surface area contributed by atoms with Gasteiger partial charge in [0.25, 0.3) is 5.69 Å². The summed E-state index contributed by atoms with van der Waals surface area (Å²) in [6.45, 7) is 2.68. The van der Waals surface area contributed by atoms with Gasteiger partial charge in [-0.15, -0.1) is 0 Å². The topological polar surface area (TPSA) is 65.1 Å². The summed E-state index contributed by atoms with van der Waals surface area (Å²) in [7, 11) is 0. The van der Waals surface area contributed by atoms with E-state index in [1.54, 1.807) is 19.1 Å². The smallest absolute Gasteiger partial charge is 0.272 e. The Morgan fingerprint density at radius 2 is 2.31 bits per heavy atom. The Balaban J connectivity index is 2.41. The second-order valence-corrected chi connectivity index (χ2v) is 3.26. The fourth-order valence-electron chi connectivity index (χ4n) is 1.33. The predicted molar refractivity (Wildman–Crippen MR) is 48.6 cm³/mol. The van der Waals surface area contributed by atoms with Crippen LogP contribution >= 0.6 is 0 Å². The number of aryl methyl sites for hydroxylation is 1. The first-order valence-electron chi connectivity index (χ1n) is 4.17. The van der Waals surface area contributed by atoms with Crippen molar-refractivity contribution in [1.82, 2.24) is 5.32 Å². The third kappa shape index (κ3) is 1.53. The molecule has 2 rings (SSSR count). The van der Waals surface area contributed by atoms with Crippen molar-refractivity contribution in [2.75, 3.05) is 6.54 Å². The van der Waals surface area contributed by atoms with E-state index in [0.29, 0.717) is 6.04 Å². The molecule has 0 amide bonds. The van der Waals surface area contributed by atoms with Gasteiger partial charge in [0.05, 0.1) is 4.92 Å². The number of nitro benzene ring substituents is 1. The van der Waals surface area contributed by atoms with Gasteiger partial charge in [0.2, 0.25) is 0 Å². The van der Waals surface area contributed by atoms with Crippen LogP contribution in [0.25, 0.3) is 0 Å². The summed E-state index contributed by atoms with van der Waals surface area (Å²) >= 11 is 0. The molecule has 0 unspecified atom stereocenters. The highest BCUT2D eigenvalue weighted by Crippen LogP contribution is 2.27. The molecule has 1 fully saturated rings. The maximum atomic E-state index is 10.6. The number of hydrogen-bond donors (Lipinski definition) is 1. The first-order chi connectivity index (χ1) is 6.18. The Morgan fingerprint density at radius 3 is 2.85 bits per heavy atom. The minimum Gasteiger partial charge on any atom is -0.307 e. The van der Waals surface area contributed by atoms with E-state index in [9.17, 15) is 10.1 Å². The maximum Gasteiger partial charge on any atom is 0.272 e. The van der Waals surface area contributed by atoms with Crippen LogP contribution in [0, 0.1) is 17.0 Å². The molecule has 13 heavy (non-hydrogen) atoms. The van der Waals surface area contributed by atoms with Gasteiger partial charge < -0.3 is 5.32 Å². The molecule has 1 N–H and O–H groups in total. The van der Waals surface area contributed by atoms with E-state index in [1.165, 1.54) is 0 Å². The summed E-state index contributed by atoms with van der Waals surface area (Å²) in [5, 5.41) is 13.7. The molecule has 1 aromatic rings. The van der Waals surface area contributed by atoms with Gasteiger partial charge in [0, 0.05) is 24.2 Å². The van der Waals surface area contributed by atoms with Crippen molar-refractivity contribution in [2.45, 2.75) is 13.0 Å². The minimum absolute atomic E-state index is 0.214. The summed E-state index contributed by atoms with van der Waals surface area (Å²) in [5.74, 6) is 0. The summed E-state index contributed by atoms with van der Waals surface area (Å²) < 4.78 is 0. The van der Waals surface area contributed by atoms with Crippen molar-refractivity contribution in [3.05, 3.63) is 39.4 Å². The fourth-order valence-corrected chi connectivity index (χ4v) is 1.33. The van der Waals surface area contributed by atoms with Gasteiger partial charge in [-0.3, -0.25) is 10.1 Å². The minimum atomic E-state index is -0.332. The van der Waals surface area contributed by atoms with Gasteiger partial charge in [-0.05, 0) is 12.5 Å². The van der Waals surface area contributed by atoms with Crippen LogP contribution in [0.15, 0.2) is 18.2 Å². The molecule has 1 aliphatic rings. The Labute approximate surface area is 75.7 Å². The standard InChI is InChI=1S/C9H10N2O2/c1-6-2-3-7(8-5-10-8)4-9(6)11(12)13/h2-4,8,10H,5H2,1H3/t8-/m1/s1. The lowest BCUT2D eigenvalue weighted by Crippen LogP contribution is -1.94. The zero-order chi connectivity index (χ0) is 9.42. The normalized spacial score (nSPS) is 19.9. The Kier molecular flexibility index (Phi) is 1.77. The molecule has 1 heterocycles. The fraction of sp³-hybridized carbons (Fsp3) is 0.333. The van der Waals surface area contributed by atoms with E-state index in [2.05, 4.69) is 5.32 Å². The van der Waals surface area contributed by atoms with Crippen molar-refractivity contribution in [3.63, 3.8) is 0 Å². The lowest BCUT2D eigenvalue weighted by atomic mass is 10.1. The molecule has 68 valence electrons. The molecule has 1 aromatic carbocycles. The van der Waals surface area contributed by atoms with Gasteiger partial charge in [-0.25, -0.2) is 0 Å². The zero-order valence-electron chi connectivity index (χ0n) is 7.28. The molecule has 0 saturated carbocycles. The Hall–Kier alpha value is -1.42. The Bertz CT molecular complexity index is 359. The third-order valence-electron chi connectivity index (χ3n) is 2.24. The van der Waals surface area contributed by atoms with Crippen LogP contribution in [0.5, 0.6) is 0 Å². The maximum absolute atomic E-state index is 10.6. The molecule has 0 spiro atoms. The molecule has 4 heteroatoms. The number of hydrogen-bond acceptors (Lipinski definition) is 3. The molecule has 1 atom stereocenters. The van der Waals surface area contributed by atoms with Crippen LogP contribution < -0.4 is 5.32 Å². The predicted octanol–water partition coefficient (Wildman–Crippen LogP) is 1.55.